The van der Waals surface area contributed by atoms with Gasteiger partial charge in [-0.1, -0.05) is 6.07 Å². The third-order valence-corrected chi connectivity index (χ3v) is 3.68. The molecule has 3 aromatic rings. The highest BCUT2D eigenvalue weighted by atomic mass is 35.5. The summed E-state index contributed by atoms with van der Waals surface area (Å²) in [6.07, 6.45) is -4.52. The number of methoxy groups -OCH3 is 2. The quantitative estimate of drug-likeness (QED) is 0.692. The smallest absolute Gasteiger partial charge is 0.449 e. The largest absolute Gasteiger partial charge is 1.00 e. The van der Waals surface area contributed by atoms with E-state index in [1.54, 1.807) is 38.5 Å². The summed E-state index contributed by atoms with van der Waals surface area (Å²) in [5.74, 6) is 0.252. The number of nitrogens with zero attached hydrogens (tertiary/aromatic N) is 1. The summed E-state index contributed by atoms with van der Waals surface area (Å²) in [6, 6.07) is 10.3. The van der Waals surface area contributed by atoms with E-state index in [1.807, 2.05) is 12.1 Å². The van der Waals surface area contributed by atoms with Crippen molar-refractivity contribution >= 4 is 16.7 Å². The van der Waals surface area contributed by atoms with Crippen LogP contribution in [0.15, 0.2) is 36.4 Å². The lowest BCUT2D eigenvalue weighted by Crippen LogP contribution is -3.00. The molecule has 0 saturated carbocycles. The first-order valence-electron chi connectivity index (χ1n) is 7.42. The maximum Gasteiger partial charge on any atom is 0.449 e. The van der Waals surface area contributed by atoms with Crippen molar-refractivity contribution in [2.45, 2.75) is 12.7 Å². The number of fused-ring (bicyclic) bond motifs is 1. The predicted octanol–water partition coefficient (Wildman–Crippen LogP) is 1.22. The number of nitrogens with one attached hydrogen (secondary N) is 2. The molecule has 1 aromatic heterocycles. The average Bonchev–Trinajstić information content (AvgIpc) is 3.04. The number of anilines is 1. The number of rotatable bonds is 5. The van der Waals surface area contributed by atoms with Gasteiger partial charge < -0.3 is 32.2 Å². The average molecular weight is 387 g/mol. The fourth-order valence-electron chi connectivity index (χ4n) is 2.47. The first kappa shape index (κ1) is 19.7. The van der Waals surface area contributed by atoms with E-state index in [2.05, 4.69) is 15.3 Å². The van der Waals surface area contributed by atoms with E-state index in [4.69, 9.17) is 9.47 Å². The van der Waals surface area contributed by atoms with Crippen molar-refractivity contribution in [3.05, 3.63) is 47.8 Å². The van der Waals surface area contributed by atoms with Gasteiger partial charge in [0, 0.05) is 12.6 Å². The van der Waals surface area contributed by atoms with Gasteiger partial charge in [0.25, 0.3) is 0 Å². The Morgan fingerprint density at radius 2 is 1.73 bits per heavy atom. The molecule has 5 nitrogen and oxygen atoms in total. The van der Waals surface area contributed by atoms with Crippen molar-refractivity contribution in [2.24, 2.45) is 0 Å². The zero-order chi connectivity index (χ0) is 18.0. The molecule has 0 aliphatic rings. The molecular formula is C17H16ClF3N3O2-. The topological polar surface area (TPSA) is 59.2 Å². The van der Waals surface area contributed by atoms with E-state index in [1.165, 1.54) is 0 Å². The summed E-state index contributed by atoms with van der Waals surface area (Å²) in [6.45, 7) is 0.376. The van der Waals surface area contributed by atoms with Crippen LogP contribution in [0.25, 0.3) is 11.0 Å². The summed E-state index contributed by atoms with van der Waals surface area (Å²) in [5, 5.41) is 3.11. The molecule has 0 bridgehead atoms. The lowest BCUT2D eigenvalue weighted by Gasteiger charge is -2.10. The number of imidazole rings is 1. The number of ether oxygens (including phenoxy) is 2. The number of hydrogen-bond acceptors (Lipinski definition) is 4. The van der Waals surface area contributed by atoms with Gasteiger partial charge in [-0.25, -0.2) is 4.98 Å². The van der Waals surface area contributed by atoms with E-state index in [0.29, 0.717) is 29.2 Å². The Bertz CT molecular complexity index is 874. The predicted molar refractivity (Wildman–Crippen MR) is 88.0 cm³/mol. The minimum absolute atomic E-state index is 0. The molecular weight excluding hydrogens is 371 g/mol. The lowest BCUT2D eigenvalue weighted by molar-refractivity contribution is -0.144. The van der Waals surface area contributed by atoms with Gasteiger partial charge in [0.15, 0.2) is 0 Å². The molecule has 0 spiro atoms. The second-order valence-corrected chi connectivity index (χ2v) is 5.36. The molecule has 0 fully saturated rings. The van der Waals surface area contributed by atoms with Crippen LogP contribution in [0.3, 0.4) is 0 Å². The van der Waals surface area contributed by atoms with Crippen molar-refractivity contribution < 1.29 is 35.1 Å². The molecule has 0 aliphatic carbocycles. The molecule has 0 atom stereocenters. The van der Waals surface area contributed by atoms with Crippen LogP contribution in [-0.4, -0.2) is 24.2 Å². The maximum absolute atomic E-state index is 12.8. The SMILES string of the molecule is COc1cc(CNc2cccc3[nH]c(C(F)(F)F)nc23)cc(OC)c1.[Cl-]. The van der Waals surface area contributed by atoms with Gasteiger partial charge in [0.05, 0.1) is 25.4 Å². The van der Waals surface area contributed by atoms with Crippen molar-refractivity contribution in [2.75, 3.05) is 19.5 Å². The molecule has 2 aromatic carbocycles. The Kier molecular flexibility index (Phi) is 5.86. The summed E-state index contributed by atoms with van der Waals surface area (Å²) in [4.78, 5) is 5.97. The van der Waals surface area contributed by atoms with Crippen LogP contribution in [-0.2, 0) is 12.7 Å². The molecule has 26 heavy (non-hydrogen) atoms. The number of benzene rings is 2. The maximum atomic E-state index is 12.8. The van der Waals surface area contributed by atoms with E-state index in [-0.39, 0.29) is 17.9 Å². The van der Waals surface area contributed by atoms with Gasteiger partial charge >= 0.3 is 6.18 Å². The fraction of sp³-hybridized carbons (Fsp3) is 0.235. The fourth-order valence-corrected chi connectivity index (χ4v) is 2.47. The molecule has 0 amide bonds. The molecule has 2 N–H and O–H groups in total. The number of aromatic amines is 1. The first-order valence-corrected chi connectivity index (χ1v) is 7.42. The number of H-pyrrole nitrogens is 1. The minimum atomic E-state index is -4.52. The van der Waals surface area contributed by atoms with E-state index >= 15 is 0 Å². The van der Waals surface area contributed by atoms with Crippen LogP contribution in [0.5, 0.6) is 11.5 Å². The molecule has 140 valence electrons. The summed E-state index contributed by atoms with van der Waals surface area (Å²) in [7, 11) is 3.10. The molecule has 3 rings (SSSR count). The monoisotopic (exact) mass is 386 g/mol. The van der Waals surface area contributed by atoms with Crippen LogP contribution in [0.1, 0.15) is 11.4 Å². The Morgan fingerprint density at radius 1 is 1.08 bits per heavy atom. The highest BCUT2D eigenvalue weighted by Crippen LogP contribution is 2.31. The van der Waals surface area contributed by atoms with Crippen LogP contribution in [0.4, 0.5) is 18.9 Å². The van der Waals surface area contributed by atoms with Crippen LogP contribution in [0.2, 0.25) is 0 Å². The Balaban J connectivity index is 0.00000243. The van der Waals surface area contributed by atoms with E-state index in [0.717, 1.165) is 5.56 Å². The highest BCUT2D eigenvalue weighted by Gasteiger charge is 2.35. The van der Waals surface area contributed by atoms with Gasteiger partial charge in [-0.2, -0.15) is 13.2 Å². The number of alkyl halides is 3. The third-order valence-electron chi connectivity index (χ3n) is 3.68. The zero-order valence-electron chi connectivity index (χ0n) is 13.9. The molecule has 0 aliphatic heterocycles. The Hall–Kier alpha value is -2.61. The van der Waals surface area contributed by atoms with Gasteiger partial charge in [-0.05, 0) is 29.8 Å². The number of halogens is 4. The van der Waals surface area contributed by atoms with Crippen molar-refractivity contribution in [1.29, 1.82) is 0 Å². The molecule has 9 heteroatoms. The summed E-state index contributed by atoms with van der Waals surface area (Å²) >= 11 is 0. The second-order valence-electron chi connectivity index (χ2n) is 5.36. The van der Waals surface area contributed by atoms with Crippen LogP contribution in [0, 0.1) is 0 Å². The Labute approximate surface area is 153 Å². The molecule has 0 radical (unpaired) electrons. The van der Waals surface area contributed by atoms with Crippen molar-refractivity contribution in [1.82, 2.24) is 9.97 Å². The van der Waals surface area contributed by atoms with E-state index in [9.17, 15) is 13.2 Å². The normalized spacial score (nSPS) is 11.1. The van der Waals surface area contributed by atoms with Gasteiger partial charge in [-0.3, -0.25) is 0 Å². The number of para-hydroxylation sites is 1. The van der Waals surface area contributed by atoms with Gasteiger partial charge in [0.2, 0.25) is 5.82 Å². The summed E-state index contributed by atoms with van der Waals surface area (Å²) < 4.78 is 48.9. The number of hydrogen-bond donors (Lipinski definition) is 2. The van der Waals surface area contributed by atoms with Gasteiger partial charge in [0.1, 0.15) is 17.0 Å². The highest BCUT2D eigenvalue weighted by molar-refractivity contribution is 5.88. The third kappa shape index (κ3) is 4.13. The number of aromatic nitrogens is 2. The minimum Gasteiger partial charge on any atom is -1.00 e. The van der Waals surface area contributed by atoms with Gasteiger partial charge in [-0.15, -0.1) is 0 Å². The van der Waals surface area contributed by atoms with Crippen molar-refractivity contribution in [3.63, 3.8) is 0 Å². The summed E-state index contributed by atoms with van der Waals surface area (Å²) in [5.41, 5.74) is 1.93. The van der Waals surface area contributed by atoms with Crippen LogP contribution >= 0.6 is 0 Å². The molecule has 1 heterocycles. The lowest BCUT2D eigenvalue weighted by atomic mass is 10.2. The standard InChI is InChI=1S/C17H16F3N3O2.ClH/c1-24-11-6-10(7-12(8-11)25-2)9-21-13-4-3-5-14-15(13)23-16(22-14)17(18,19)20;/h3-8,21H,9H2,1-2H3,(H,22,23);1H/p-1. The van der Waals surface area contributed by atoms with E-state index < -0.39 is 12.0 Å². The van der Waals surface area contributed by atoms with Crippen LogP contribution < -0.4 is 27.2 Å². The molecule has 0 unspecified atom stereocenters. The first-order chi connectivity index (χ1) is 11.9. The Morgan fingerprint density at radius 3 is 2.31 bits per heavy atom. The molecule has 0 saturated heterocycles. The zero-order valence-corrected chi connectivity index (χ0v) is 14.7. The second kappa shape index (κ2) is 7.74. The van der Waals surface area contributed by atoms with Crippen molar-refractivity contribution in [3.8, 4) is 11.5 Å².